The molecule has 1 amide bonds. The van der Waals surface area contributed by atoms with Crippen molar-refractivity contribution in [3.05, 3.63) is 48.2 Å². The van der Waals surface area contributed by atoms with E-state index in [-0.39, 0.29) is 6.09 Å². The molecule has 0 fully saturated rings. The molecule has 0 bridgehead atoms. The average Bonchev–Trinajstić information content (AvgIpc) is 2.54. The van der Waals surface area contributed by atoms with E-state index in [1.807, 2.05) is 47.0 Å². The van der Waals surface area contributed by atoms with Crippen LogP contribution in [0.4, 0.5) is 10.5 Å². The number of benzene rings is 1. The highest BCUT2D eigenvalue weighted by Crippen LogP contribution is 2.25. The molecule has 1 aliphatic heterocycles. The van der Waals surface area contributed by atoms with Crippen LogP contribution < -0.4 is 4.90 Å². The van der Waals surface area contributed by atoms with Crippen LogP contribution in [0.2, 0.25) is 0 Å². The number of rotatable bonds is 3. The van der Waals surface area contributed by atoms with Crippen molar-refractivity contribution < 1.29 is 9.53 Å². The molecule has 0 radical (unpaired) electrons. The van der Waals surface area contributed by atoms with Gasteiger partial charge in [-0.3, -0.25) is 0 Å². The summed E-state index contributed by atoms with van der Waals surface area (Å²) >= 11 is 0. The number of hydrogen-bond acceptors (Lipinski definition) is 3. The Bertz CT molecular complexity index is 624. The van der Waals surface area contributed by atoms with E-state index in [2.05, 4.69) is 35.2 Å². The van der Waals surface area contributed by atoms with Gasteiger partial charge in [-0.15, -0.1) is 0 Å². The van der Waals surface area contributed by atoms with Crippen molar-refractivity contribution in [2.45, 2.75) is 39.7 Å². The number of nitrogens with zero attached hydrogens (tertiary/aromatic N) is 2. The lowest BCUT2D eigenvalue weighted by atomic mass is 9.99. The van der Waals surface area contributed by atoms with Crippen LogP contribution in [0.15, 0.2) is 42.6 Å². The van der Waals surface area contributed by atoms with Crippen LogP contribution in [0.5, 0.6) is 0 Å². The Morgan fingerprint density at radius 1 is 1.25 bits per heavy atom. The van der Waals surface area contributed by atoms with Crippen molar-refractivity contribution >= 4 is 17.4 Å². The zero-order valence-electron chi connectivity index (χ0n) is 15.4. The highest BCUT2D eigenvalue weighted by Gasteiger charge is 2.23. The molecule has 0 spiro atoms. The number of amides is 1. The maximum atomic E-state index is 12.1. The molecule has 0 saturated carbocycles. The zero-order valence-corrected chi connectivity index (χ0v) is 15.4. The maximum Gasteiger partial charge on any atom is 0.410 e. The molecule has 1 aliphatic rings. The fourth-order valence-electron chi connectivity index (χ4n) is 2.64. The van der Waals surface area contributed by atoms with E-state index in [9.17, 15) is 4.79 Å². The number of anilines is 1. The average molecular weight is 328 g/mol. The summed E-state index contributed by atoms with van der Waals surface area (Å²) in [6.07, 6.45) is 6.79. The fourth-order valence-corrected chi connectivity index (χ4v) is 2.64. The second-order valence-corrected chi connectivity index (χ2v) is 7.05. The lowest BCUT2D eigenvalue weighted by Gasteiger charge is -2.29. The largest absolute Gasteiger partial charge is 0.444 e. The van der Waals surface area contributed by atoms with Crippen LogP contribution in [0.25, 0.3) is 5.57 Å². The summed E-state index contributed by atoms with van der Waals surface area (Å²) in [5.41, 5.74) is 3.21. The lowest BCUT2D eigenvalue weighted by Crippen LogP contribution is -2.39. The SMILES string of the molecule is C/C=C\N(C)c1ccc(C2=CCN(C(=O)OC(C)(C)C)CC2)cc1. The molecular weight excluding hydrogens is 300 g/mol. The zero-order chi connectivity index (χ0) is 17.7. The minimum atomic E-state index is -0.449. The Balaban J connectivity index is 2.01. The van der Waals surface area contributed by atoms with Gasteiger partial charge in [-0.25, -0.2) is 4.79 Å². The number of carbonyl (C=O) groups is 1. The Hall–Kier alpha value is -2.23. The molecular formula is C20H28N2O2. The van der Waals surface area contributed by atoms with Crippen LogP contribution >= 0.6 is 0 Å². The van der Waals surface area contributed by atoms with Crippen LogP contribution in [-0.2, 0) is 4.74 Å². The van der Waals surface area contributed by atoms with E-state index in [1.165, 1.54) is 11.1 Å². The number of allylic oxidation sites excluding steroid dienone is 1. The van der Waals surface area contributed by atoms with E-state index in [4.69, 9.17) is 4.74 Å². The highest BCUT2D eigenvalue weighted by atomic mass is 16.6. The van der Waals surface area contributed by atoms with E-state index in [0.717, 1.165) is 12.1 Å². The van der Waals surface area contributed by atoms with Gasteiger partial charge in [-0.1, -0.05) is 24.3 Å². The smallest absolute Gasteiger partial charge is 0.410 e. The standard InChI is InChI=1S/C20H28N2O2/c1-6-13-21(5)18-9-7-16(8-10-18)17-11-14-22(15-12-17)19(23)24-20(2,3)4/h6-11,13H,12,14-15H2,1-5H3/b13-6-. The summed E-state index contributed by atoms with van der Waals surface area (Å²) in [6, 6.07) is 8.53. The van der Waals surface area contributed by atoms with Crippen molar-refractivity contribution in [1.82, 2.24) is 4.90 Å². The van der Waals surface area contributed by atoms with Crippen LogP contribution in [0.3, 0.4) is 0 Å². The lowest BCUT2D eigenvalue weighted by molar-refractivity contribution is 0.0270. The Morgan fingerprint density at radius 3 is 2.42 bits per heavy atom. The van der Waals surface area contributed by atoms with Gasteiger partial charge in [-0.05, 0) is 63.6 Å². The van der Waals surface area contributed by atoms with Gasteiger partial charge in [0.25, 0.3) is 0 Å². The summed E-state index contributed by atoms with van der Waals surface area (Å²) in [7, 11) is 2.04. The van der Waals surface area contributed by atoms with Gasteiger partial charge in [0, 0.05) is 25.8 Å². The third-order valence-electron chi connectivity index (χ3n) is 3.88. The third kappa shape index (κ3) is 4.88. The molecule has 0 N–H and O–H groups in total. The second kappa shape index (κ2) is 7.56. The van der Waals surface area contributed by atoms with Gasteiger partial charge >= 0.3 is 6.09 Å². The molecule has 1 aromatic carbocycles. The molecule has 130 valence electrons. The molecule has 0 atom stereocenters. The quantitative estimate of drug-likeness (QED) is 0.807. The van der Waals surface area contributed by atoms with Gasteiger partial charge < -0.3 is 14.5 Å². The highest BCUT2D eigenvalue weighted by molar-refractivity contribution is 5.73. The second-order valence-electron chi connectivity index (χ2n) is 7.05. The molecule has 24 heavy (non-hydrogen) atoms. The monoisotopic (exact) mass is 328 g/mol. The Kier molecular flexibility index (Phi) is 5.71. The first kappa shape index (κ1) is 18.1. The molecule has 1 heterocycles. The molecule has 4 nitrogen and oxygen atoms in total. The summed E-state index contributed by atoms with van der Waals surface area (Å²) in [5, 5.41) is 0. The molecule has 0 aromatic heterocycles. The van der Waals surface area contributed by atoms with Gasteiger partial charge in [0.1, 0.15) is 5.60 Å². The first-order valence-corrected chi connectivity index (χ1v) is 8.43. The predicted octanol–water partition coefficient (Wildman–Crippen LogP) is 4.68. The van der Waals surface area contributed by atoms with Crippen molar-refractivity contribution in [3.8, 4) is 0 Å². The van der Waals surface area contributed by atoms with Crippen molar-refractivity contribution in [1.29, 1.82) is 0 Å². The number of ether oxygens (including phenoxy) is 1. The molecule has 0 aliphatic carbocycles. The Morgan fingerprint density at radius 2 is 1.92 bits per heavy atom. The normalized spacial score (nSPS) is 15.4. The van der Waals surface area contributed by atoms with E-state index in [0.29, 0.717) is 13.1 Å². The molecule has 1 aromatic rings. The van der Waals surface area contributed by atoms with Gasteiger partial charge in [0.15, 0.2) is 0 Å². The molecule has 2 rings (SSSR count). The number of carbonyl (C=O) groups excluding carboxylic acids is 1. The summed E-state index contributed by atoms with van der Waals surface area (Å²) < 4.78 is 5.43. The number of hydrogen-bond donors (Lipinski definition) is 0. The van der Waals surface area contributed by atoms with E-state index >= 15 is 0 Å². The third-order valence-corrected chi connectivity index (χ3v) is 3.88. The van der Waals surface area contributed by atoms with Gasteiger partial charge in [-0.2, -0.15) is 0 Å². The van der Waals surface area contributed by atoms with Gasteiger partial charge in [0.2, 0.25) is 0 Å². The van der Waals surface area contributed by atoms with Gasteiger partial charge in [0.05, 0.1) is 0 Å². The minimum Gasteiger partial charge on any atom is -0.444 e. The first-order valence-electron chi connectivity index (χ1n) is 8.43. The summed E-state index contributed by atoms with van der Waals surface area (Å²) in [4.78, 5) is 15.9. The summed E-state index contributed by atoms with van der Waals surface area (Å²) in [6.45, 7) is 8.98. The summed E-state index contributed by atoms with van der Waals surface area (Å²) in [5.74, 6) is 0. The first-order chi connectivity index (χ1) is 11.3. The van der Waals surface area contributed by atoms with Crippen LogP contribution in [-0.4, -0.2) is 36.7 Å². The van der Waals surface area contributed by atoms with Crippen molar-refractivity contribution in [2.24, 2.45) is 0 Å². The minimum absolute atomic E-state index is 0.235. The van der Waals surface area contributed by atoms with Crippen LogP contribution in [0.1, 0.15) is 39.7 Å². The predicted molar refractivity (Wildman–Crippen MR) is 100 cm³/mol. The molecule has 0 saturated heterocycles. The topological polar surface area (TPSA) is 32.8 Å². The Labute approximate surface area is 145 Å². The molecule has 0 unspecified atom stereocenters. The maximum absolute atomic E-state index is 12.1. The fraction of sp³-hybridized carbons (Fsp3) is 0.450. The van der Waals surface area contributed by atoms with Crippen LogP contribution in [0, 0.1) is 0 Å². The van der Waals surface area contributed by atoms with E-state index < -0.39 is 5.60 Å². The van der Waals surface area contributed by atoms with Crippen molar-refractivity contribution in [3.63, 3.8) is 0 Å². The molecule has 4 heteroatoms. The van der Waals surface area contributed by atoms with E-state index in [1.54, 1.807) is 4.90 Å². The van der Waals surface area contributed by atoms with Crippen molar-refractivity contribution in [2.75, 3.05) is 25.0 Å².